The first-order valence-electron chi connectivity index (χ1n) is 5.88. The number of rotatable bonds is 8. The van der Waals surface area contributed by atoms with Crippen LogP contribution in [0.25, 0.3) is 0 Å². The maximum Gasteiger partial charge on any atom is 0.325 e. The van der Waals surface area contributed by atoms with E-state index in [0.717, 1.165) is 30.2 Å². The lowest BCUT2D eigenvalue weighted by atomic mass is 9.95. The number of unbranched alkanes of at least 4 members (excludes halogenated alkanes) is 1. The number of aromatic nitrogens is 3. The van der Waals surface area contributed by atoms with Gasteiger partial charge in [-0.25, -0.2) is 4.98 Å². The van der Waals surface area contributed by atoms with Crippen molar-refractivity contribution in [2.75, 3.05) is 19.9 Å². The van der Waals surface area contributed by atoms with Crippen molar-refractivity contribution in [3.8, 4) is 0 Å². The van der Waals surface area contributed by atoms with Gasteiger partial charge in [0.1, 0.15) is 11.9 Å². The first-order chi connectivity index (χ1) is 8.62. The van der Waals surface area contributed by atoms with Crippen LogP contribution in [0.15, 0.2) is 11.5 Å². The monoisotopic (exact) mass is 272 g/mol. The Morgan fingerprint density at radius 3 is 2.94 bits per heavy atom. The Kier molecular flexibility index (Phi) is 6.14. The summed E-state index contributed by atoms with van der Waals surface area (Å²) in [6.45, 7) is 1.86. The highest BCUT2D eigenvalue weighted by Crippen LogP contribution is 2.18. The van der Waals surface area contributed by atoms with E-state index in [-0.39, 0.29) is 5.97 Å². The lowest BCUT2D eigenvalue weighted by Crippen LogP contribution is -2.48. The largest absolute Gasteiger partial charge is 0.468 e. The number of hydrogen-bond acceptors (Lipinski definition) is 6. The number of aromatic amines is 1. The highest BCUT2D eigenvalue weighted by Gasteiger charge is 2.31. The number of nitrogens with one attached hydrogen (secondary N) is 2. The number of ether oxygens (including phenoxy) is 1. The molecule has 0 bridgehead atoms. The summed E-state index contributed by atoms with van der Waals surface area (Å²) in [5, 5.41) is 10.4. The van der Waals surface area contributed by atoms with Crippen LogP contribution in [0.3, 0.4) is 0 Å². The summed E-state index contributed by atoms with van der Waals surface area (Å²) in [5.74, 6) is 0.740. The van der Waals surface area contributed by atoms with Crippen molar-refractivity contribution in [1.82, 2.24) is 20.5 Å². The molecule has 6 nitrogen and oxygen atoms in total. The Morgan fingerprint density at radius 1 is 1.61 bits per heavy atom. The smallest absolute Gasteiger partial charge is 0.325 e. The highest BCUT2D eigenvalue weighted by atomic mass is 32.2. The Bertz CT molecular complexity index is 358. The highest BCUT2D eigenvalue weighted by molar-refractivity contribution is 7.99. The number of carbonyl (C=O) groups excluding carboxylic acids is 1. The van der Waals surface area contributed by atoms with E-state index in [1.54, 1.807) is 18.8 Å². The molecule has 0 saturated carbocycles. The van der Waals surface area contributed by atoms with E-state index >= 15 is 0 Å². The van der Waals surface area contributed by atoms with Crippen molar-refractivity contribution in [1.29, 1.82) is 0 Å². The van der Waals surface area contributed by atoms with Crippen LogP contribution >= 0.6 is 11.8 Å². The van der Waals surface area contributed by atoms with Gasteiger partial charge in [0.25, 0.3) is 0 Å². The molecule has 0 amide bonds. The summed E-state index contributed by atoms with van der Waals surface area (Å²) in [6, 6.07) is 0. The van der Waals surface area contributed by atoms with Crippen LogP contribution in [0.4, 0.5) is 0 Å². The third-order valence-electron chi connectivity index (χ3n) is 2.89. The summed E-state index contributed by atoms with van der Waals surface area (Å²) >= 11 is 1.63. The van der Waals surface area contributed by atoms with Crippen molar-refractivity contribution >= 4 is 17.7 Å². The fraction of sp³-hybridized carbons (Fsp3) is 0.727. The van der Waals surface area contributed by atoms with Crippen molar-refractivity contribution < 1.29 is 9.53 Å². The second-order valence-corrected chi connectivity index (χ2v) is 5.25. The molecule has 1 heterocycles. The number of thioether (sulfide) groups is 1. The minimum absolute atomic E-state index is 0.215. The SMILES string of the molecule is CNC(C)(CCCCSc1ncn[nH]1)C(=O)OC. The van der Waals surface area contributed by atoms with Gasteiger partial charge in [-0.2, -0.15) is 5.10 Å². The van der Waals surface area contributed by atoms with Gasteiger partial charge < -0.3 is 10.1 Å². The third kappa shape index (κ3) is 4.30. The molecule has 0 aliphatic heterocycles. The van der Waals surface area contributed by atoms with Crippen LogP contribution in [0, 0.1) is 0 Å². The van der Waals surface area contributed by atoms with Crippen molar-refractivity contribution in [2.24, 2.45) is 0 Å². The van der Waals surface area contributed by atoms with E-state index in [9.17, 15) is 4.79 Å². The zero-order valence-corrected chi connectivity index (χ0v) is 11.8. The number of hydrogen-bond donors (Lipinski definition) is 2. The molecule has 0 spiro atoms. The standard InChI is InChI=1S/C11H20N4O2S/c1-11(12-2,9(16)17-3)6-4-5-7-18-10-13-8-14-15-10/h8,12H,4-7H2,1-3H3,(H,13,14,15). The molecule has 0 radical (unpaired) electrons. The van der Waals surface area contributed by atoms with Crippen LogP contribution in [0.1, 0.15) is 26.2 Å². The van der Waals surface area contributed by atoms with Crippen LogP contribution in [0.5, 0.6) is 0 Å². The van der Waals surface area contributed by atoms with Crippen molar-refractivity contribution in [2.45, 2.75) is 36.9 Å². The predicted molar refractivity (Wildman–Crippen MR) is 70.4 cm³/mol. The second-order valence-electron chi connectivity index (χ2n) is 4.17. The number of carbonyl (C=O) groups is 1. The molecular weight excluding hydrogens is 252 g/mol. The third-order valence-corrected chi connectivity index (χ3v) is 3.85. The van der Waals surface area contributed by atoms with E-state index < -0.39 is 5.54 Å². The van der Waals surface area contributed by atoms with E-state index in [4.69, 9.17) is 4.74 Å². The number of nitrogens with zero attached hydrogens (tertiary/aromatic N) is 2. The molecule has 0 saturated heterocycles. The Morgan fingerprint density at radius 2 is 2.39 bits per heavy atom. The Hall–Kier alpha value is -1.08. The van der Waals surface area contributed by atoms with E-state index in [2.05, 4.69) is 20.5 Å². The van der Waals surface area contributed by atoms with Gasteiger partial charge in [0, 0.05) is 5.75 Å². The number of likely N-dealkylation sites (N-methyl/N-ethyl adjacent to an activating group) is 1. The summed E-state index contributed by atoms with van der Waals surface area (Å²) in [6.07, 6.45) is 4.22. The summed E-state index contributed by atoms with van der Waals surface area (Å²) in [4.78, 5) is 15.6. The van der Waals surface area contributed by atoms with Gasteiger partial charge in [0.2, 0.25) is 0 Å². The Labute approximate surface area is 111 Å². The predicted octanol–water partition coefficient (Wildman–Crippen LogP) is 1.22. The summed E-state index contributed by atoms with van der Waals surface area (Å²) in [7, 11) is 3.19. The molecule has 1 aromatic rings. The minimum atomic E-state index is -0.592. The molecular formula is C11H20N4O2S. The second kappa shape index (κ2) is 7.38. The first-order valence-corrected chi connectivity index (χ1v) is 6.86. The number of H-pyrrole nitrogens is 1. The number of methoxy groups -OCH3 is 1. The summed E-state index contributed by atoms with van der Waals surface area (Å²) < 4.78 is 4.79. The molecule has 0 aliphatic rings. The first kappa shape index (κ1) is 15.0. The lowest BCUT2D eigenvalue weighted by molar-refractivity contribution is -0.148. The van der Waals surface area contributed by atoms with Crippen LogP contribution in [-0.2, 0) is 9.53 Å². The molecule has 1 rings (SSSR count). The van der Waals surface area contributed by atoms with Crippen LogP contribution in [0.2, 0.25) is 0 Å². The molecule has 1 aromatic heterocycles. The average molecular weight is 272 g/mol. The quantitative estimate of drug-likeness (QED) is 0.421. The van der Waals surface area contributed by atoms with Gasteiger partial charge >= 0.3 is 5.97 Å². The molecule has 102 valence electrons. The topological polar surface area (TPSA) is 79.9 Å². The van der Waals surface area contributed by atoms with Gasteiger partial charge in [-0.3, -0.25) is 9.89 Å². The van der Waals surface area contributed by atoms with Gasteiger partial charge in [0.05, 0.1) is 7.11 Å². The molecule has 1 unspecified atom stereocenters. The maximum absolute atomic E-state index is 11.6. The number of esters is 1. The molecule has 18 heavy (non-hydrogen) atoms. The van der Waals surface area contributed by atoms with Crippen molar-refractivity contribution in [3.05, 3.63) is 6.33 Å². The van der Waals surface area contributed by atoms with Crippen molar-refractivity contribution in [3.63, 3.8) is 0 Å². The fourth-order valence-corrected chi connectivity index (χ4v) is 2.35. The fourth-order valence-electron chi connectivity index (χ4n) is 1.57. The molecule has 1 atom stereocenters. The van der Waals surface area contributed by atoms with Crippen LogP contribution < -0.4 is 5.32 Å². The van der Waals surface area contributed by atoms with E-state index in [1.807, 2.05) is 6.92 Å². The molecule has 7 heteroatoms. The average Bonchev–Trinajstić information content (AvgIpc) is 2.90. The van der Waals surface area contributed by atoms with Gasteiger partial charge in [0.15, 0.2) is 5.16 Å². The zero-order valence-electron chi connectivity index (χ0n) is 11.0. The van der Waals surface area contributed by atoms with E-state index in [0.29, 0.717) is 0 Å². The van der Waals surface area contributed by atoms with Gasteiger partial charge in [-0.15, -0.1) is 0 Å². The maximum atomic E-state index is 11.6. The summed E-state index contributed by atoms with van der Waals surface area (Å²) in [5.41, 5.74) is -0.592. The molecule has 0 aliphatic carbocycles. The Balaban J connectivity index is 2.21. The molecule has 0 fully saturated rings. The minimum Gasteiger partial charge on any atom is -0.468 e. The normalized spacial score (nSPS) is 14.2. The van der Waals surface area contributed by atoms with E-state index in [1.165, 1.54) is 13.4 Å². The van der Waals surface area contributed by atoms with Gasteiger partial charge in [-0.05, 0) is 26.8 Å². The zero-order chi connectivity index (χ0) is 13.4. The van der Waals surface area contributed by atoms with Gasteiger partial charge in [-0.1, -0.05) is 18.2 Å². The molecule has 2 N–H and O–H groups in total. The lowest BCUT2D eigenvalue weighted by Gasteiger charge is -2.25. The molecule has 0 aromatic carbocycles. The van der Waals surface area contributed by atoms with Crippen LogP contribution in [-0.4, -0.2) is 46.6 Å².